The first-order chi connectivity index (χ1) is 8.60. The first-order valence-corrected chi connectivity index (χ1v) is 5.71. The monoisotopic (exact) mass is 260 g/mol. The van der Waals surface area contributed by atoms with Crippen molar-refractivity contribution in [3.8, 4) is 6.07 Å². The Hall–Kier alpha value is -2.05. The van der Waals surface area contributed by atoms with E-state index in [1.54, 1.807) is 30.3 Å². The third-order valence-electron chi connectivity index (χ3n) is 2.56. The molecule has 0 aliphatic carbocycles. The van der Waals surface area contributed by atoms with Gasteiger partial charge in [0.25, 0.3) is 0 Å². The number of hydrogen-bond acceptors (Lipinski definition) is 2. The molecule has 2 rings (SSSR count). The van der Waals surface area contributed by atoms with Gasteiger partial charge in [-0.25, -0.2) is 4.39 Å². The molecule has 0 amide bonds. The number of aryl methyl sites for hydroxylation is 1. The zero-order valence-electron chi connectivity index (χ0n) is 9.67. The van der Waals surface area contributed by atoms with Crippen molar-refractivity contribution >= 4 is 23.0 Å². The van der Waals surface area contributed by atoms with Crippen molar-refractivity contribution in [2.75, 3.05) is 5.32 Å². The predicted molar refractivity (Wildman–Crippen MR) is 70.6 cm³/mol. The van der Waals surface area contributed by atoms with Crippen LogP contribution in [0.1, 0.15) is 11.1 Å². The van der Waals surface area contributed by atoms with E-state index in [-0.39, 0.29) is 0 Å². The number of hydrogen-bond donors (Lipinski definition) is 1. The molecule has 0 fully saturated rings. The van der Waals surface area contributed by atoms with Crippen molar-refractivity contribution in [3.63, 3.8) is 0 Å². The quantitative estimate of drug-likeness (QED) is 0.869. The topological polar surface area (TPSA) is 35.8 Å². The van der Waals surface area contributed by atoms with E-state index in [2.05, 4.69) is 5.32 Å². The number of nitrogens with one attached hydrogen (secondary N) is 1. The van der Waals surface area contributed by atoms with Gasteiger partial charge in [-0.2, -0.15) is 5.26 Å². The minimum atomic E-state index is -0.455. The number of benzene rings is 2. The van der Waals surface area contributed by atoms with E-state index in [9.17, 15) is 4.39 Å². The third-order valence-corrected chi connectivity index (χ3v) is 2.79. The summed E-state index contributed by atoms with van der Waals surface area (Å²) in [4.78, 5) is 0. The van der Waals surface area contributed by atoms with E-state index in [1.165, 1.54) is 6.07 Å². The summed E-state index contributed by atoms with van der Waals surface area (Å²) in [6.07, 6.45) is 0. The van der Waals surface area contributed by atoms with Gasteiger partial charge in [0.05, 0.1) is 17.3 Å². The van der Waals surface area contributed by atoms with Crippen LogP contribution in [-0.2, 0) is 0 Å². The molecule has 90 valence electrons. The average Bonchev–Trinajstić information content (AvgIpc) is 2.34. The fraction of sp³-hybridized carbons (Fsp3) is 0.0714. The second-order valence-corrected chi connectivity index (χ2v) is 4.33. The molecule has 2 nitrogen and oxygen atoms in total. The van der Waals surface area contributed by atoms with Crippen LogP contribution in [0, 0.1) is 24.1 Å². The summed E-state index contributed by atoms with van der Waals surface area (Å²) in [6.45, 7) is 1.88. The van der Waals surface area contributed by atoms with Crippen LogP contribution < -0.4 is 5.32 Å². The SMILES string of the molecule is Cc1cc(Cl)ccc1Nc1ccc(C#N)cc1F. The summed E-state index contributed by atoms with van der Waals surface area (Å²) in [6, 6.07) is 11.5. The molecule has 0 aromatic heterocycles. The van der Waals surface area contributed by atoms with Crippen molar-refractivity contribution in [2.45, 2.75) is 6.92 Å². The Morgan fingerprint density at radius 2 is 1.89 bits per heavy atom. The minimum absolute atomic E-state index is 0.297. The number of halogens is 2. The Balaban J connectivity index is 2.32. The van der Waals surface area contributed by atoms with Gasteiger partial charge in [0.15, 0.2) is 0 Å². The van der Waals surface area contributed by atoms with Gasteiger partial charge in [0, 0.05) is 10.7 Å². The van der Waals surface area contributed by atoms with Gasteiger partial charge in [-0.05, 0) is 48.9 Å². The van der Waals surface area contributed by atoms with Gasteiger partial charge in [-0.3, -0.25) is 0 Å². The molecule has 0 aliphatic rings. The van der Waals surface area contributed by atoms with Crippen molar-refractivity contribution in [3.05, 3.63) is 58.4 Å². The largest absolute Gasteiger partial charge is 0.353 e. The Bertz CT molecular complexity index is 632. The maximum absolute atomic E-state index is 13.7. The summed E-state index contributed by atoms with van der Waals surface area (Å²) >= 11 is 5.85. The van der Waals surface area contributed by atoms with E-state index < -0.39 is 5.82 Å². The molecule has 2 aromatic rings. The fourth-order valence-electron chi connectivity index (χ4n) is 1.60. The summed E-state index contributed by atoms with van der Waals surface area (Å²) in [7, 11) is 0. The first-order valence-electron chi connectivity index (χ1n) is 5.33. The van der Waals surface area contributed by atoms with Gasteiger partial charge in [0.1, 0.15) is 5.82 Å². The van der Waals surface area contributed by atoms with Gasteiger partial charge in [0.2, 0.25) is 0 Å². The molecule has 0 saturated carbocycles. The fourth-order valence-corrected chi connectivity index (χ4v) is 1.83. The highest BCUT2D eigenvalue weighted by Crippen LogP contribution is 2.25. The van der Waals surface area contributed by atoms with E-state index in [4.69, 9.17) is 16.9 Å². The van der Waals surface area contributed by atoms with Gasteiger partial charge in [-0.1, -0.05) is 11.6 Å². The lowest BCUT2D eigenvalue weighted by Crippen LogP contribution is -1.96. The summed E-state index contributed by atoms with van der Waals surface area (Å²) in [5.41, 5.74) is 2.33. The minimum Gasteiger partial charge on any atom is -0.353 e. The molecule has 0 atom stereocenters. The number of rotatable bonds is 2. The molecule has 0 bridgehead atoms. The predicted octanol–water partition coefficient (Wildman–Crippen LogP) is 4.40. The van der Waals surface area contributed by atoms with Gasteiger partial charge >= 0.3 is 0 Å². The maximum Gasteiger partial charge on any atom is 0.147 e. The Morgan fingerprint density at radius 1 is 1.17 bits per heavy atom. The van der Waals surface area contributed by atoms with Crippen LogP contribution in [0.3, 0.4) is 0 Å². The molecule has 2 aromatic carbocycles. The highest BCUT2D eigenvalue weighted by Gasteiger charge is 2.05. The van der Waals surface area contributed by atoms with E-state index in [0.29, 0.717) is 16.3 Å². The Labute approximate surface area is 110 Å². The second kappa shape index (κ2) is 5.07. The first kappa shape index (κ1) is 12.4. The van der Waals surface area contributed by atoms with Crippen molar-refractivity contribution in [1.29, 1.82) is 5.26 Å². The third kappa shape index (κ3) is 2.61. The standard InChI is InChI=1S/C14H10ClFN2/c1-9-6-11(15)3-5-13(9)18-14-4-2-10(8-17)7-12(14)16/h2-7,18H,1H3. The lowest BCUT2D eigenvalue weighted by atomic mass is 10.1. The lowest BCUT2D eigenvalue weighted by Gasteiger charge is -2.10. The van der Waals surface area contributed by atoms with Crippen LogP contribution in [0.25, 0.3) is 0 Å². The van der Waals surface area contributed by atoms with Gasteiger partial charge < -0.3 is 5.32 Å². The molecule has 0 saturated heterocycles. The van der Waals surface area contributed by atoms with Gasteiger partial charge in [-0.15, -0.1) is 0 Å². The normalized spacial score (nSPS) is 9.89. The molecule has 0 radical (unpaired) electrons. The average molecular weight is 261 g/mol. The Kier molecular flexibility index (Phi) is 3.50. The van der Waals surface area contributed by atoms with Crippen LogP contribution >= 0.6 is 11.6 Å². The number of nitrogens with zero attached hydrogens (tertiary/aromatic N) is 1. The molecule has 18 heavy (non-hydrogen) atoms. The van der Waals surface area contributed by atoms with E-state index in [0.717, 1.165) is 11.3 Å². The summed E-state index contributed by atoms with van der Waals surface area (Å²) in [5, 5.41) is 12.3. The van der Waals surface area contributed by atoms with Crippen LogP contribution in [-0.4, -0.2) is 0 Å². The van der Waals surface area contributed by atoms with E-state index >= 15 is 0 Å². The molecule has 1 N–H and O–H groups in total. The summed E-state index contributed by atoms with van der Waals surface area (Å²) < 4.78 is 13.7. The molecule has 0 heterocycles. The van der Waals surface area contributed by atoms with Crippen molar-refractivity contribution in [2.24, 2.45) is 0 Å². The van der Waals surface area contributed by atoms with Crippen LogP contribution in [0.2, 0.25) is 5.02 Å². The number of anilines is 2. The summed E-state index contributed by atoms with van der Waals surface area (Å²) in [5.74, 6) is -0.455. The molecule has 0 aliphatic heterocycles. The number of nitriles is 1. The zero-order valence-corrected chi connectivity index (χ0v) is 10.4. The molecular formula is C14H10ClFN2. The molecule has 0 unspecified atom stereocenters. The smallest absolute Gasteiger partial charge is 0.147 e. The maximum atomic E-state index is 13.7. The Morgan fingerprint density at radius 3 is 2.50 bits per heavy atom. The van der Waals surface area contributed by atoms with Crippen LogP contribution in [0.15, 0.2) is 36.4 Å². The molecule has 4 heteroatoms. The molecule has 0 spiro atoms. The molecular weight excluding hydrogens is 251 g/mol. The second-order valence-electron chi connectivity index (χ2n) is 3.89. The highest BCUT2D eigenvalue weighted by molar-refractivity contribution is 6.30. The van der Waals surface area contributed by atoms with Crippen LogP contribution in [0.5, 0.6) is 0 Å². The highest BCUT2D eigenvalue weighted by atomic mass is 35.5. The zero-order chi connectivity index (χ0) is 13.1. The van der Waals surface area contributed by atoms with Crippen LogP contribution in [0.4, 0.5) is 15.8 Å². The van der Waals surface area contributed by atoms with Crippen molar-refractivity contribution in [1.82, 2.24) is 0 Å². The van der Waals surface area contributed by atoms with E-state index in [1.807, 2.05) is 13.0 Å². The lowest BCUT2D eigenvalue weighted by molar-refractivity contribution is 0.631. The van der Waals surface area contributed by atoms with Crippen molar-refractivity contribution < 1.29 is 4.39 Å².